The number of thioether (sulfide) groups is 1. The minimum atomic E-state index is -0.750. The summed E-state index contributed by atoms with van der Waals surface area (Å²) in [6.45, 7) is 0. The lowest BCUT2D eigenvalue weighted by Crippen LogP contribution is -2.54. The van der Waals surface area contributed by atoms with Gasteiger partial charge in [-0.2, -0.15) is 0 Å². The second kappa shape index (κ2) is 4.31. The van der Waals surface area contributed by atoms with E-state index in [1.807, 2.05) is 0 Å². The molecule has 4 nitrogen and oxygen atoms in total. The molecule has 1 aliphatic heterocycles. The minimum absolute atomic E-state index is 0.143. The van der Waals surface area contributed by atoms with Crippen molar-refractivity contribution in [2.45, 2.75) is 42.7 Å². The molecule has 0 radical (unpaired) electrons. The Morgan fingerprint density at radius 1 is 1.60 bits per heavy atom. The normalized spacial score (nSPS) is 40.9. The molecule has 0 aromatic carbocycles. The molecule has 3 atom stereocenters. The zero-order valence-corrected chi connectivity index (χ0v) is 9.68. The van der Waals surface area contributed by atoms with Gasteiger partial charge in [0.05, 0.1) is 11.0 Å². The van der Waals surface area contributed by atoms with Crippen molar-refractivity contribution in [3.63, 3.8) is 0 Å². The fourth-order valence-electron chi connectivity index (χ4n) is 2.49. The first-order valence-electron chi connectivity index (χ1n) is 5.35. The summed E-state index contributed by atoms with van der Waals surface area (Å²) >= 11 is 1.72. The summed E-state index contributed by atoms with van der Waals surface area (Å²) < 4.78 is 5.48. The van der Waals surface area contributed by atoms with E-state index in [0.717, 1.165) is 19.3 Å². The molecule has 15 heavy (non-hydrogen) atoms. The predicted octanol–water partition coefficient (Wildman–Crippen LogP) is 1.06. The summed E-state index contributed by atoms with van der Waals surface area (Å²) in [5.74, 6) is -0.102. The maximum Gasteiger partial charge on any atom is 0.321 e. The zero-order valence-electron chi connectivity index (χ0n) is 8.86. The van der Waals surface area contributed by atoms with Crippen molar-refractivity contribution in [1.82, 2.24) is 5.32 Å². The molecule has 1 aliphatic carbocycles. The van der Waals surface area contributed by atoms with Gasteiger partial charge in [-0.25, -0.2) is 0 Å². The van der Waals surface area contributed by atoms with E-state index in [1.165, 1.54) is 6.42 Å². The number of hydrogen-bond donors (Lipinski definition) is 2. The lowest BCUT2D eigenvalue weighted by molar-refractivity contribution is -0.139. The third-order valence-corrected chi connectivity index (χ3v) is 4.89. The zero-order chi connectivity index (χ0) is 10.9. The van der Waals surface area contributed by atoms with Gasteiger partial charge >= 0.3 is 5.97 Å². The Labute approximate surface area is 93.8 Å². The van der Waals surface area contributed by atoms with Crippen LogP contribution in [0, 0.1) is 0 Å². The Kier molecular flexibility index (Phi) is 3.23. The Hall–Kier alpha value is -0.260. The summed E-state index contributed by atoms with van der Waals surface area (Å²) in [5, 5.41) is 12.2. The predicted molar refractivity (Wildman–Crippen MR) is 59.0 cm³/mol. The second-order valence-corrected chi connectivity index (χ2v) is 5.56. The molecule has 2 unspecified atom stereocenters. The quantitative estimate of drug-likeness (QED) is 0.744. The lowest BCUT2D eigenvalue weighted by atomic mass is 9.91. The first-order valence-corrected chi connectivity index (χ1v) is 6.34. The number of rotatable bonds is 2. The summed E-state index contributed by atoms with van der Waals surface area (Å²) in [5.41, 5.74) is 0. The first kappa shape index (κ1) is 11.2. The molecule has 1 saturated carbocycles. The van der Waals surface area contributed by atoms with Crippen LogP contribution in [0.4, 0.5) is 0 Å². The molecule has 1 spiro atoms. The Morgan fingerprint density at radius 2 is 2.40 bits per heavy atom. The molecule has 2 N–H and O–H groups in total. The van der Waals surface area contributed by atoms with E-state index < -0.39 is 12.0 Å². The van der Waals surface area contributed by atoms with Crippen molar-refractivity contribution in [1.29, 1.82) is 0 Å². The molecule has 0 bridgehead atoms. The molecule has 2 aliphatic rings. The van der Waals surface area contributed by atoms with Crippen LogP contribution in [0.25, 0.3) is 0 Å². The number of nitrogens with one attached hydrogen (secondary N) is 1. The SMILES string of the molecule is COC1CCCCC12N[C@@H](C(=O)O)CS2. The molecule has 0 amide bonds. The number of methoxy groups -OCH3 is 1. The standard InChI is InChI=1S/C10H17NO3S/c1-14-8-4-2-3-5-10(8)11-7(6-15-10)9(12)13/h7-8,11H,2-6H2,1H3,(H,12,13)/t7-,8?,10?/m1/s1. The number of hydrogen-bond acceptors (Lipinski definition) is 4. The molecule has 1 saturated heterocycles. The van der Waals surface area contributed by atoms with Gasteiger partial charge in [0.2, 0.25) is 0 Å². The van der Waals surface area contributed by atoms with Crippen LogP contribution in [0.5, 0.6) is 0 Å². The van der Waals surface area contributed by atoms with E-state index in [2.05, 4.69) is 5.32 Å². The van der Waals surface area contributed by atoms with Crippen molar-refractivity contribution < 1.29 is 14.6 Å². The number of carbonyl (C=O) groups is 1. The van der Waals surface area contributed by atoms with Crippen LogP contribution in [0.3, 0.4) is 0 Å². The minimum Gasteiger partial charge on any atom is -0.480 e. The van der Waals surface area contributed by atoms with Crippen LogP contribution in [0.1, 0.15) is 25.7 Å². The van der Waals surface area contributed by atoms with Crippen LogP contribution in [0.2, 0.25) is 0 Å². The topological polar surface area (TPSA) is 58.6 Å². The number of carboxylic acids is 1. The molecular formula is C10H17NO3S. The van der Waals surface area contributed by atoms with Crippen LogP contribution in [-0.4, -0.2) is 41.0 Å². The molecule has 0 aromatic rings. The Balaban J connectivity index is 2.09. The highest BCUT2D eigenvalue weighted by Crippen LogP contribution is 2.43. The summed E-state index contributed by atoms with van der Waals surface area (Å²) in [6, 6.07) is -0.411. The highest BCUT2D eigenvalue weighted by atomic mass is 32.2. The van der Waals surface area contributed by atoms with Gasteiger partial charge in [0.25, 0.3) is 0 Å². The van der Waals surface area contributed by atoms with E-state index >= 15 is 0 Å². The fourth-order valence-corrected chi connectivity index (χ4v) is 4.10. The van der Waals surface area contributed by atoms with Gasteiger partial charge in [0, 0.05) is 12.9 Å². The third kappa shape index (κ3) is 2.00. The molecule has 2 fully saturated rings. The van der Waals surface area contributed by atoms with Crippen LogP contribution in [-0.2, 0) is 9.53 Å². The highest BCUT2D eigenvalue weighted by molar-refractivity contribution is 8.01. The number of carboxylic acid groups (broad SMARTS) is 1. The van der Waals surface area contributed by atoms with Gasteiger partial charge in [-0.05, 0) is 12.8 Å². The van der Waals surface area contributed by atoms with Crippen molar-refractivity contribution in [2.24, 2.45) is 0 Å². The van der Waals surface area contributed by atoms with Crippen molar-refractivity contribution in [2.75, 3.05) is 12.9 Å². The monoisotopic (exact) mass is 231 g/mol. The van der Waals surface area contributed by atoms with Gasteiger partial charge in [-0.3, -0.25) is 10.1 Å². The lowest BCUT2D eigenvalue weighted by Gasteiger charge is -2.40. The van der Waals surface area contributed by atoms with Gasteiger partial charge in [0.1, 0.15) is 6.04 Å². The fraction of sp³-hybridized carbons (Fsp3) is 0.900. The summed E-state index contributed by atoms with van der Waals surface area (Å²) in [7, 11) is 1.72. The molecule has 2 rings (SSSR count). The molecule has 5 heteroatoms. The number of aliphatic carboxylic acids is 1. The smallest absolute Gasteiger partial charge is 0.321 e. The summed E-state index contributed by atoms with van der Waals surface area (Å²) in [6.07, 6.45) is 4.54. The average molecular weight is 231 g/mol. The van der Waals surface area contributed by atoms with Gasteiger partial charge in [0.15, 0.2) is 0 Å². The third-order valence-electron chi connectivity index (χ3n) is 3.29. The van der Waals surface area contributed by atoms with Crippen molar-refractivity contribution >= 4 is 17.7 Å². The average Bonchev–Trinajstić information content (AvgIpc) is 2.64. The summed E-state index contributed by atoms with van der Waals surface area (Å²) in [4.78, 5) is 10.8. The van der Waals surface area contributed by atoms with E-state index in [9.17, 15) is 4.79 Å². The molecule has 1 heterocycles. The van der Waals surface area contributed by atoms with Crippen LogP contribution in [0.15, 0.2) is 0 Å². The van der Waals surface area contributed by atoms with Crippen molar-refractivity contribution in [3.05, 3.63) is 0 Å². The number of ether oxygens (including phenoxy) is 1. The maximum absolute atomic E-state index is 10.9. The highest BCUT2D eigenvalue weighted by Gasteiger charge is 2.48. The maximum atomic E-state index is 10.9. The molecule has 0 aromatic heterocycles. The van der Waals surface area contributed by atoms with Crippen LogP contribution < -0.4 is 5.32 Å². The van der Waals surface area contributed by atoms with E-state index in [-0.39, 0.29) is 11.0 Å². The van der Waals surface area contributed by atoms with E-state index in [0.29, 0.717) is 5.75 Å². The molecular weight excluding hydrogens is 214 g/mol. The Bertz CT molecular complexity index is 261. The van der Waals surface area contributed by atoms with Gasteiger partial charge < -0.3 is 9.84 Å². The molecule has 86 valence electrons. The van der Waals surface area contributed by atoms with Crippen LogP contribution >= 0.6 is 11.8 Å². The van der Waals surface area contributed by atoms with E-state index in [1.54, 1.807) is 18.9 Å². The Morgan fingerprint density at radius 3 is 3.00 bits per heavy atom. The van der Waals surface area contributed by atoms with Crippen molar-refractivity contribution in [3.8, 4) is 0 Å². The van der Waals surface area contributed by atoms with E-state index in [4.69, 9.17) is 9.84 Å². The second-order valence-electron chi connectivity index (χ2n) is 4.21. The first-order chi connectivity index (χ1) is 7.18. The largest absolute Gasteiger partial charge is 0.480 e. The van der Waals surface area contributed by atoms with Gasteiger partial charge in [-0.1, -0.05) is 12.8 Å². The van der Waals surface area contributed by atoms with Gasteiger partial charge in [-0.15, -0.1) is 11.8 Å².